The fourth-order valence-electron chi connectivity index (χ4n) is 10.3. The third kappa shape index (κ3) is 27.2. The Hall–Kier alpha value is -9.73. The van der Waals surface area contributed by atoms with E-state index in [0.29, 0.717) is 18.4 Å². The quantitative estimate of drug-likeness (QED) is 0.0253. The van der Waals surface area contributed by atoms with Crippen LogP contribution in [0.5, 0.6) is 0 Å². The van der Waals surface area contributed by atoms with Crippen LogP contribution in [0, 0.1) is 23.7 Å². The fourth-order valence-corrected chi connectivity index (χ4v) is 11.2. The van der Waals surface area contributed by atoms with Gasteiger partial charge in [0.25, 0.3) is 5.91 Å². The van der Waals surface area contributed by atoms with E-state index in [9.17, 15) is 82.1 Å². The number of benzene rings is 1. The first-order valence-corrected chi connectivity index (χ1v) is 34.0. The lowest BCUT2D eigenvalue weighted by Gasteiger charge is -2.29. The number of carboxylic acids is 2. The van der Waals surface area contributed by atoms with Crippen molar-refractivity contribution >= 4 is 99.9 Å². The Morgan fingerprint density at radius 1 is 0.616 bits per heavy atom. The van der Waals surface area contributed by atoms with Gasteiger partial charge in [-0.1, -0.05) is 92.1 Å². The highest BCUT2D eigenvalue weighted by Crippen LogP contribution is 2.19. The second-order valence-corrected chi connectivity index (χ2v) is 26.1. The van der Waals surface area contributed by atoms with Crippen LogP contribution in [0.15, 0.2) is 48.2 Å². The molecule has 0 saturated carbocycles. The summed E-state index contributed by atoms with van der Waals surface area (Å²) in [5, 5.41) is 49.3. The summed E-state index contributed by atoms with van der Waals surface area (Å²) in [6, 6.07) is -7.11. The number of aliphatic carboxylic acids is 2. The van der Waals surface area contributed by atoms with Crippen molar-refractivity contribution in [3.05, 3.63) is 70.2 Å². The van der Waals surface area contributed by atoms with Crippen LogP contribution in [-0.4, -0.2) is 187 Å². The molecule has 1 saturated heterocycles. The van der Waals surface area contributed by atoms with Gasteiger partial charge >= 0.3 is 11.9 Å². The molecule has 544 valence electrons. The van der Waals surface area contributed by atoms with E-state index in [1.807, 2.05) is 6.92 Å². The molecule has 0 bridgehead atoms. The number of nitrogens with zero attached hydrogens (tertiary/aromatic N) is 2. The van der Waals surface area contributed by atoms with Crippen LogP contribution < -0.4 is 70.0 Å². The zero-order valence-corrected chi connectivity index (χ0v) is 57.8. The molecule has 1 aliphatic heterocycles. The van der Waals surface area contributed by atoms with Crippen LogP contribution in [-0.2, 0) is 75.2 Å². The highest BCUT2D eigenvalue weighted by molar-refractivity contribution is 7.12. The van der Waals surface area contributed by atoms with Crippen molar-refractivity contribution in [2.45, 2.75) is 206 Å². The van der Waals surface area contributed by atoms with Gasteiger partial charge in [0.05, 0.1) is 19.2 Å². The molecule has 18 N–H and O–H groups in total. The number of H-pyrrole nitrogens is 1. The van der Waals surface area contributed by atoms with E-state index in [1.165, 1.54) is 17.9 Å². The SMILES string of the molecule is CC[C@H](C)C(=O)c1nc(C(=O)N[C@@H](CC(C)C)C(=O)N[C@H](CCC(=O)O)C(=O)N[C@H](C(=O)NCCCC[C@@H]2NC(=O)[C@H](CC(N)=O)NC(=O)[C@@H](CC(=O)O)NC(=O)[C@H](Cc3cnc[nH]3)NC(=O)[C@@H](Cc3ccccc3)NC(=O)[C@H](C(C)C)NC(=O)[C@@H](CCCN)NC2=O)[C@@H](C)CC)cs1. The third-order valence-electron chi connectivity index (χ3n) is 16.4. The van der Waals surface area contributed by atoms with Crippen molar-refractivity contribution < 1.29 is 82.1 Å². The molecule has 2 aromatic heterocycles. The Labute approximate surface area is 577 Å². The zero-order valence-electron chi connectivity index (χ0n) is 57.0. The normalized spacial score (nSPS) is 20.6. The van der Waals surface area contributed by atoms with Gasteiger partial charge in [-0.3, -0.25) is 71.9 Å². The number of ketones is 1. The lowest BCUT2D eigenvalue weighted by molar-refractivity contribution is -0.142. The van der Waals surface area contributed by atoms with Crippen molar-refractivity contribution in [3.8, 4) is 0 Å². The van der Waals surface area contributed by atoms with E-state index in [1.54, 1.807) is 78.8 Å². The molecule has 3 aromatic rings. The first kappa shape index (κ1) is 81.7. The largest absolute Gasteiger partial charge is 0.481 e. The number of carboxylic acid groups (broad SMARTS) is 2. The maximum Gasteiger partial charge on any atom is 0.305 e. The van der Waals surface area contributed by atoms with E-state index in [4.69, 9.17) is 11.5 Å². The minimum absolute atomic E-state index is 0.0123. The summed E-state index contributed by atoms with van der Waals surface area (Å²) < 4.78 is 0. The molecule has 12 atom stereocenters. The Morgan fingerprint density at radius 2 is 1.17 bits per heavy atom. The average molecular weight is 1410 g/mol. The fraction of sp³-hybridized carbons (Fsp3) is 0.585. The molecule has 34 heteroatoms. The molecule has 33 nitrogen and oxygen atoms in total. The number of Topliss-reactive ketones (excluding diaryl/α,β-unsaturated/α-hetero) is 1. The minimum atomic E-state index is -2.00. The maximum absolute atomic E-state index is 14.6. The summed E-state index contributed by atoms with van der Waals surface area (Å²) in [5.74, 6) is -16.7. The Bertz CT molecular complexity index is 3290. The van der Waals surface area contributed by atoms with Crippen LogP contribution in [0.4, 0.5) is 0 Å². The first-order chi connectivity index (χ1) is 46.8. The number of carbonyl (C=O) groups excluding carboxylic acids is 13. The predicted molar refractivity (Wildman–Crippen MR) is 359 cm³/mol. The topological polar surface area (TPSA) is 522 Å². The lowest BCUT2D eigenvalue weighted by Crippen LogP contribution is -2.61. The summed E-state index contributed by atoms with van der Waals surface area (Å²) in [6.07, 6.45) is -0.235. The van der Waals surface area contributed by atoms with Crippen molar-refractivity contribution in [2.75, 3.05) is 13.1 Å². The Morgan fingerprint density at radius 3 is 1.73 bits per heavy atom. The average Bonchev–Trinajstić information content (AvgIpc) is 1.61. The number of aromatic nitrogens is 3. The van der Waals surface area contributed by atoms with E-state index < -0.39 is 181 Å². The number of nitrogens with one attached hydrogen (secondary N) is 12. The standard InChI is InChI=1S/C65H96N16O17S/c1-9-35(7)52(81-56(90)41(21-22-49(83)84)73-57(91)42(25-33(3)4)74-62(96)47-31-99-65(79-47)53(87)36(8)10-2)63(97)69-24-15-14-19-39-54(88)71-40(20-16-23-66)55(89)80-51(34(5)6)64(98)78-43(26-37-17-12-11-13-18-37)58(92)75-44(27-38-30-68-32-70-38)59(93)77-46(29-50(85)86)61(95)76-45(28-48(67)82)60(94)72-39/h11-13,17-18,30-36,39-46,51-52H,9-10,14-16,19-29,66H2,1-8H3,(H2,67,82)(H,68,70)(H,69,97)(H,71,88)(H,72,94)(H,73,91)(H,74,96)(H,75,92)(H,76,95)(H,77,93)(H,78,98)(H,80,89)(H,81,90)(H,83,84)(H,85,86)/t35-,36-,39-,40+,41+,42-,43+,44-,45-,46+,51-,52-/m0/s1. The van der Waals surface area contributed by atoms with Gasteiger partial charge in [0.15, 0.2) is 10.8 Å². The second kappa shape index (κ2) is 40.9. The Balaban J connectivity index is 1.65. The molecule has 4 rings (SSSR count). The molecular weight excluding hydrogens is 1310 g/mol. The molecule has 1 fully saturated rings. The van der Waals surface area contributed by atoms with E-state index in [-0.39, 0.29) is 98.5 Å². The minimum Gasteiger partial charge on any atom is -0.481 e. The van der Waals surface area contributed by atoms with Crippen LogP contribution in [0.25, 0.3) is 0 Å². The number of unbranched alkanes of at least 4 members (excludes halogenated alkanes) is 1. The van der Waals surface area contributed by atoms with Gasteiger partial charge in [-0.2, -0.15) is 0 Å². The highest BCUT2D eigenvalue weighted by atomic mass is 32.1. The number of thiazole rings is 1. The molecular formula is C65H96N16O17S. The molecule has 3 heterocycles. The third-order valence-corrected chi connectivity index (χ3v) is 17.3. The van der Waals surface area contributed by atoms with Gasteiger partial charge in [-0.25, -0.2) is 9.97 Å². The number of hydrogen-bond acceptors (Lipinski definition) is 19. The van der Waals surface area contributed by atoms with Crippen molar-refractivity contribution in [1.29, 1.82) is 0 Å². The summed E-state index contributed by atoms with van der Waals surface area (Å²) >= 11 is 0.975. The predicted octanol–water partition coefficient (Wildman–Crippen LogP) is -0.956. The van der Waals surface area contributed by atoms with Crippen molar-refractivity contribution in [2.24, 2.45) is 35.1 Å². The van der Waals surface area contributed by atoms with Gasteiger partial charge < -0.3 is 85.1 Å². The summed E-state index contributed by atoms with van der Waals surface area (Å²) in [6.45, 7) is 13.6. The number of carbonyl (C=O) groups is 15. The van der Waals surface area contributed by atoms with Gasteiger partial charge in [-0.05, 0) is 81.2 Å². The van der Waals surface area contributed by atoms with Crippen molar-refractivity contribution in [1.82, 2.24) is 73.4 Å². The number of nitrogens with two attached hydrogens (primary N) is 2. The van der Waals surface area contributed by atoms with Gasteiger partial charge in [0, 0.05) is 49.0 Å². The molecule has 1 aromatic carbocycles. The van der Waals surface area contributed by atoms with Gasteiger partial charge in [0.2, 0.25) is 65.0 Å². The van der Waals surface area contributed by atoms with E-state index in [2.05, 4.69) is 73.4 Å². The summed E-state index contributed by atoms with van der Waals surface area (Å²) in [7, 11) is 0. The van der Waals surface area contributed by atoms with Crippen LogP contribution in [0.1, 0.15) is 164 Å². The molecule has 0 aliphatic carbocycles. The molecule has 0 radical (unpaired) electrons. The molecule has 1 aliphatic rings. The molecule has 12 amide bonds. The summed E-state index contributed by atoms with van der Waals surface area (Å²) in [4.78, 5) is 217. The first-order valence-electron chi connectivity index (χ1n) is 33.1. The number of imidazole rings is 1. The van der Waals surface area contributed by atoms with Crippen LogP contribution >= 0.6 is 11.3 Å². The molecule has 99 heavy (non-hydrogen) atoms. The van der Waals surface area contributed by atoms with E-state index >= 15 is 0 Å². The van der Waals surface area contributed by atoms with Crippen LogP contribution in [0.3, 0.4) is 0 Å². The number of primary amides is 1. The van der Waals surface area contributed by atoms with Gasteiger partial charge in [0.1, 0.15) is 66.1 Å². The monoisotopic (exact) mass is 1400 g/mol. The Kier molecular flexibility index (Phi) is 33.7. The molecule has 0 unspecified atom stereocenters. The van der Waals surface area contributed by atoms with Crippen molar-refractivity contribution in [3.63, 3.8) is 0 Å². The smallest absolute Gasteiger partial charge is 0.305 e. The summed E-state index contributed by atoms with van der Waals surface area (Å²) in [5.41, 5.74) is 12.2. The van der Waals surface area contributed by atoms with E-state index in [0.717, 1.165) is 11.3 Å². The molecule has 0 spiro atoms. The number of aromatic amines is 1. The number of hydrogen-bond donors (Lipinski definition) is 16. The van der Waals surface area contributed by atoms with Gasteiger partial charge in [-0.15, -0.1) is 11.3 Å². The zero-order chi connectivity index (χ0) is 73.6. The maximum atomic E-state index is 14.6. The second-order valence-electron chi connectivity index (χ2n) is 25.3. The highest BCUT2D eigenvalue weighted by Gasteiger charge is 2.39. The number of amides is 12. The van der Waals surface area contributed by atoms with Crippen LogP contribution in [0.2, 0.25) is 0 Å². The number of rotatable bonds is 34. The lowest BCUT2D eigenvalue weighted by atomic mass is 9.97.